The van der Waals surface area contributed by atoms with Gasteiger partial charge in [0.25, 0.3) is 0 Å². The second-order valence-electron chi connectivity index (χ2n) is 7.27. The van der Waals surface area contributed by atoms with E-state index in [4.69, 9.17) is 4.74 Å². The van der Waals surface area contributed by atoms with Crippen LogP contribution in [0.15, 0.2) is 23.1 Å². The highest BCUT2D eigenvalue weighted by atomic mass is 32.2. The van der Waals surface area contributed by atoms with E-state index >= 15 is 0 Å². The van der Waals surface area contributed by atoms with E-state index in [0.717, 1.165) is 58.3 Å². The van der Waals surface area contributed by atoms with Crippen molar-refractivity contribution in [1.29, 1.82) is 0 Å². The van der Waals surface area contributed by atoms with Crippen LogP contribution < -0.4 is 4.72 Å². The molecule has 0 unspecified atom stereocenters. The topological polar surface area (TPSA) is 58.6 Å². The SMILES string of the molecule is COCCN1CCC(CNS(=O)(=O)c2ccc3c(c2)CCCC3)CC1. The zero-order valence-electron chi connectivity index (χ0n) is 15.2. The van der Waals surface area contributed by atoms with E-state index in [1.807, 2.05) is 12.1 Å². The van der Waals surface area contributed by atoms with Gasteiger partial charge in [0.15, 0.2) is 0 Å². The molecule has 3 rings (SSSR count). The van der Waals surface area contributed by atoms with Crippen LogP contribution in [0.2, 0.25) is 0 Å². The maximum Gasteiger partial charge on any atom is 0.240 e. The van der Waals surface area contributed by atoms with Crippen molar-refractivity contribution in [2.75, 3.05) is 39.9 Å². The molecule has 25 heavy (non-hydrogen) atoms. The summed E-state index contributed by atoms with van der Waals surface area (Å²) in [4.78, 5) is 2.81. The highest BCUT2D eigenvalue weighted by molar-refractivity contribution is 7.89. The van der Waals surface area contributed by atoms with E-state index in [9.17, 15) is 8.42 Å². The lowest BCUT2D eigenvalue weighted by Crippen LogP contribution is -2.39. The Morgan fingerprint density at radius 2 is 1.88 bits per heavy atom. The van der Waals surface area contributed by atoms with E-state index in [-0.39, 0.29) is 0 Å². The number of hydrogen-bond donors (Lipinski definition) is 1. The number of hydrogen-bond acceptors (Lipinski definition) is 4. The van der Waals surface area contributed by atoms with Crippen LogP contribution in [0.5, 0.6) is 0 Å². The van der Waals surface area contributed by atoms with Crippen LogP contribution in [0.25, 0.3) is 0 Å². The van der Waals surface area contributed by atoms with Crippen LogP contribution in [-0.4, -0.2) is 53.2 Å². The number of rotatable bonds is 7. The minimum Gasteiger partial charge on any atom is -0.383 e. The predicted octanol–water partition coefficient (Wildman–Crippen LogP) is 2.20. The molecule has 1 fully saturated rings. The third-order valence-electron chi connectivity index (χ3n) is 5.51. The summed E-state index contributed by atoms with van der Waals surface area (Å²) in [6, 6.07) is 5.64. The summed E-state index contributed by atoms with van der Waals surface area (Å²) in [6.07, 6.45) is 6.52. The monoisotopic (exact) mass is 366 g/mol. The number of sulfonamides is 1. The molecule has 1 aliphatic carbocycles. The van der Waals surface area contributed by atoms with Crippen LogP contribution in [0.3, 0.4) is 0 Å². The molecule has 2 aliphatic rings. The minimum absolute atomic E-state index is 0.422. The van der Waals surface area contributed by atoms with Crippen molar-refractivity contribution < 1.29 is 13.2 Å². The van der Waals surface area contributed by atoms with Gasteiger partial charge in [-0.15, -0.1) is 0 Å². The first-order valence-electron chi connectivity index (χ1n) is 9.41. The van der Waals surface area contributed by atoms with Crippen LogP contribution >= 0.6 is 0 Å². The predicted molar refractivity (Wildman–Crippen MR) is 99.3 cm³/mol. The lowest BCUT2D eigenvalue weighted by Gasteiger charge is -2.31. The first-order valence-corrected chi connectivity index (χ1v) is 10.9. The van der Waals surface area contributed by atoms with Crippen molar-refractivity contribution >= 4 is 10.0 Å². The van der Waals surface area contributed by atoms with Crippen LogP contribution in [0.1, 0.15) is 36.8 Å². The maximum absolute atomic E-state index is 12.6. The largest absolute Gasteiger partial charge is 0.383 e. The van der Waals surface area contributed by atoms with Gasteiger partial charge in [-0.3, -0.25) is 0 Å². The zero-order valence-corrected chi connectivity index (χ0v) is 16.0. The molecule has 1 aromatic carbocycles. The van der Waals surface area contributed by atoms with Crippen molar-refractivity contribution in [2.24, 2.45) is 5.92 Å². The number of likely N-dealkylation sites (tertiary alicyclic amines) is 1. The van der Waals surface area contributed by atoms with Crippen LogP contribution in [0.4, 0.5) is 0 Å². The fourth-order valence-corrected chi connectivity index (χ4v) is 4.99. The third kappa shape index (κ3) is 5.03. The van der Waals surface area contributed by atoms with E-state index in [1.165, 1.54) is 17.5 Å². The minimum atomic E-state index is -3.40. The molecule has 0 aromatic heterocycles. The zero-order chi connectivity index (χ0) is 17.7. The highest BCUT2D eigenvalue weighted by Gasteiger charge is 2.22. The second-order valence-corrected chi connectivity index (χ2v) is 9.03. The van der Waals surface area contributed by atoms with E-state index in [0.29, 0.717) is 17.4 Å². The first kappa shape index (κ1) is 18.8. The standard InChI is InChI=1S/C19H30N2O3S/c1-24-13-12-21-10-8-16(9-11-21)15-20-25(22,23)19-7-6-17-4-2-3-5-18(17)14-19/h6-7,14,16,20H,2-5,8-13,15H2,1H3. The van der Waals surface area contributed by atoms with Gasteiger partial charge in [0, 0.05) is 20.2 Å². The molecule has 5 nitrogen and oxygen atoms in total. The molecule has 0 spiro atoms. The number of ether oxygens (including phenoxy) is 1. The fourth-order valence-electron chi connectivity index (χ4n) is 3.82. The van der Waals surface area contributed by atoms with E-state index < -0.39 is 10.0 Å². The Hall–Kier alpha value is -0.950. The van der Waals surface area contributed by atoms with Gasteiger partial charge in [-0.2, -0.15) is 0 Å². The Morgan fingerprint density at radius 3 is 2.60 bits per heavy atom. The average Bonchev–Trinajstić information content (AvgIpc) is 2.65. The van der Waals surface area contributed by atoms with Gasteiger partial charge in [0.1, 0.15) is 0 Å². The number of fused-ring (bicyclic) bond motifs is 1. The van der Waals surface area contributed by atoms with Gasteiger partial charge in [-0.1, -0.05) is 6.07 Å². The van der Waals surface area contributed by atoms with Crippen molar-refractivity contribution in [3.8, 4) is 0 Å². The summed E-state index contributed by atoms with van der Waals surface area (Å²) in [5.74, 6) is 0.422. The Labute approximate surface area is 151 Å². The first-order chi connectivity index (χ1) is 12.1. The molecule has 1 aliphatic heterocycles. The number of benzene rings is 1. The average molecular weight is 367 g/mol. The quantitative estimate of drug-likeness (QED) is 0.804. The molecule has 0 amide bonds. The summed E-state index contributed by atoms with van der Waals surface area (Å²) in [5, 5.41) is 0. The Morgan fingerprint density at radius 1 is 1.16 bits per heavy atom. The molecule has 1 aromatic rings. The van der Waals surface area contributed by atoms with Gasteiger partial charge < -0.3 is 9.64 Å². The highest BCUT2D eigenvalue weighted by Crippen LogP contribution is 2.24. The molecule has 0 saturated carbocycles. The van der Waals surface area contributed by atoms with Crippen LogP contribution in [-0.2, 0) is 27.6 Å². The molecule has 140 valence electrons. The lowest BCUT2D eigenvalue weighted by molar-refractivity contribution is 0.121. The van der Waals surface area contributed by atoms with Crippen molar-refractivity contribution in [2.45, 2.75) is 43.4 Å². The molecule has 6 heteroatoms. The molecule has 1 heterocycles. The Balaban J connectivity index is 1.52. The van der Waals surface area contributed by atoms with E-state index in [1.54, 1.807) is 13.2 Å². The van der Waals surface area contributed by atoms with E-state index in [2.05, 4.69) is 9.62 Å². The van der Waals surface area contributed by atoms with Gasteiger partial charge >= 0.3 is 0 Å². The smallest absolute Gasteiger partial charge is 0.240 e. The molecule has 0 radical (unpaired) electrons. The summed E-state index contributed by atoms with van der Waals surface area (Å²) in [5.41, 5.74) is 2.52. The molecule has 0 atom stereocenters. The maximum atomic E-state index is 12.6. The summed E-state index contributed by atoms with van der Waals surface area (Å²) in [7, 11) is -1.68. The number of nitrogens with zero attached hydrogens (tertiary/aromatic N) is 1. The van der Waals surface area contributed by atoms with Gasteiger partial charge in [0.05, 0.1) is 11.5 Å². The van der Waals surface area contributed by atoms with Crippen molar-refractivity contribution in [3.63, 3.8) is 0 Å². The summed E-state index contributed by atoms with van der Waals surface area (Å²) in [6.45, 7) is 4.31. The number of nitrogens with one attached hydrogen (secondary N) is 1. The van der Waals surface area contributed by atoms with Crippen LogP contribution in [0, 0.1) is 5.92 Å². The molecular formula is C19H30N2O3S. The van der Waals surface area contributed by atoms with Gasteiger partial charge in [0.2, 0.25) is 10.0 Å². The molecular weight excluding hydrogens is 336 g/mol. The number of methoxy groups -OCH3 is 1. The third-order valence-corrected chi connectivity index (χ3v) is 6.93. The normalized spacial score (nSPS) is 19.7. The lowest BCUT2D eigenvalue weighted by atomic mass is 9.92. The Kier molecular flexibility index (Phi) is 6.49. The van der Waals surface area contributed by atoms with Crippen molar-refractivity contribution in [1.82, 2.24) is 9.62 Å². The van der Waals surface area contributed by atoms with Gasteiger partial charge in [-0.05, 0) is 80.8 Å². The summed E-state index contributed by atoms with van der Waals surface area (Å²) >= 11 is 0. The molecule has 0 bridgehead atoms. The Bertz CT molecular complexity index is 667. The number of piperidine rings is 1. The van der Waals surface area contributed by atoms with Gasteiger partial charge in [-0.25, -0.2) is 13.1 Å². The summed E-state index contributed by atoms with van der Waals surface area (Å²) < 4.78 is 33.2. The molecule has 1 saturated heterocycles. The molecule has 1 N–H and O–H groups in total. The van der Waals surface area contributed by atoms with Crippen molar-refractivity contribution in [3.05, 3.63) is 29.3 Å². The fraction of sp³-hybridized carbons (Fsp3) is 0.684. The number of aryl methyl sites for hydroxylation is 2. The second kappa shape index (κ2) is 8.62.